The largest absolute Gasteiger partial charge is 0.0845 e. The lowest BCUT2D eigenvalue weighted by Gasteiger charge is -2.04. The Morgan fingerprint density at radius 3 is 2.43 bits per heavy atom. The highest BCUT2D eigenvalue weighted by Gasteiger charge is 2.00. The zero-order chi connectivity index (χ0) is 10.7. The summed E-state index contributed by atoms with van der Waals surface area (Å²) in [5.41, 5.74) is 2.53. The van der Waals surface area contributed by atoms with Gasteiger partial charge in [-0.25, -0.2) is 0 Å². The Hall–Kier alpha value is 0.400. The van der Waals surface area contributed by atoms with Crippen LogP contribution in [-0.2, 0) is 0 Å². The van der Waals surface area contributed by atoms with Crippen LogP contribution in [0.25, 0.3) is 6.08 Å². The molecule has 0 nitrogen and oxygen atoms in total. The Balaban J connectivity index is 2.98. The maximum atomic E-state index is 3.54. The van der Waals surface area contributed by atoms with E-state index in [1.54, 1.807) is 0 Å². The molecule has 0 saturated carbocycles. The van der Waals surface area contributed by atoms with Crippen LogP contribution >= 0.6 is 47.8 Å². The van der Waals surface area contributed by atoms with Crippen LogP contribution in [0.1, 0.15) is 19.4 Å². The van der Waals surface area contributed by atoms with E-state index in [4.69, 9.17) is 0 Å². The van der Waals surface area contributed by atoms with E-state index in [1.807, 2.05) is 6.07 Å². The monoisotopic (exact) mass is 380 g/mol. The molecule has 0 N–H and O–H groups in total. The molecule has 0 aliphatic carbocycles. The maximum Gasteiger partial charge on any atom is 0.0326 e. The first kappa shape index (κ1) is 12.5. The number of rotatable bonds is 2. The van der Waals surface area contributed by atoms with Gasteiger partial charge in [0.1, 0.15) is 0 Å². The molecule has 0 aliphatic heterocycles. The quantitative estimate of drug-likeness (QED) is 0.601. The van der Waals surface area contributed by atoms with Gasteiger partial charge in [0.15, 0.2) is 0 Å². The molecule has 14 heavy (non-hydrogen) atoms. The summed E-state index contributed by atoms with van der Waals surface area (Å²) < 4.78 is 2.17. The minimum absolute atomic E-state index is 0.421. The molecule has 0 radical (unpaired) electrons. The van der Waals surface area contributed by atoms with Crippen molar-refractivity contribution in [1.82, 2.24) is 0 Å². The molecule has 1 rings (SSSR count). The third kappa shape index (κ3) is 3.52. The van der Waals surface area contributed by atoms with Crippen LogP contribution in [0, 0.1) is 0 Å². The highest BCUT2D eigenvalue weighted by molar-refractivity contribution is 9.13. The van der Waals surface area contributed by atoms with Crippen LogP contribution in [0.4, 0.5) is 0 Å². The van der Waals surface area contributed by atoms with Gasteiger partial charge in [0.2, 0.25) is 0 Å². The number of benzene rings is 1. The van der Waals surface area contributed by atoms with Crippen molar-refractivity contribution >= 4 is 53.9 Å². The minimum atomic E-state index is 0.421. The lowest BCUT2D eigenvalue weighted by molar-refractivity contribution is 1.16. The summed E-state index contributed by atoms with van der Waals surface area (Å²) in [6.45, 7) is 4.25. The Labute approximate surface area is 110 Å². The SMILES string of the molecule is C/C(=C\c1ccc(Br)c(Br)c1)C(C)Br. The molecule has 0 aliphatic rings. The van der Waals surface area contributed by atoms with Crippen LogP contribution < -0.4 is 0 Å². The molecule has 0 amide bonds. The molecule has 0 aromatic heterocycles. The van der Waals surface area contributed by atoms with Crippen molar-refractivity contribution in [2.24, 2.45) is 0 Å². The van der Waals surface area contributed by atoms with Crippen LogP contribution in [0.3, 0.4) is 0 Å². The molecule has 1 unspecified atom stereocenters. The maximum absolute atomic E-state index is 3.54. The minimum Gasteiger partial charge on any atom is -0.0845 e. The first-order valence-corrected chi connectivity index (χ1v) is 6.78. The first-order valence-electron chi connectivity index (χ1n) is 4.28. The van der Waals surface area contributed by atoms with Gasteiger partial charge in [0, 0.05) is 13.8 Å². The fourth-order valence-electron chi connectivity index (χ4n) is 0.980. The Morgan fingerprint density at radius 2 is 1.93 bits per heavy atom. The van der Waals surface area contributed by atoms with E-state index >= 15 is 0 Å². The standard InChI is InChI=1S/C11H11Br3/c1-7(8(2)12)5-9-3-4-10(13)11(14)6-9/h3-6,8H,1-2H3/b7-5+. The number of allylic oxidation sites excluding steroid dienone is 1. The van der Waals surface area contributed by atoms with E-state index in [9.17, 15) is 0 Å². The second-order valence-electron chi connectivity index (χ2n) is 3.18. The van der Waals surface area contributed by atoms with Gasteiger partial charge in [0.25, 0.3) is 0 Å². The molecule has 1 atom stereocenters. The van der Waals surface area contributed by atoms with Crippen LogP contribution in [0.2, 0.25) is 0 Å². The first-order chi connectivity index (χ1) is 6.50. The van der Waals surface area contributed by atoms with E-state index < -0.39 is 0 Å². The van der Waals surface area contributed by atoms with Crippen molar-refractivity contribution in [3.63, 3.8) is 0 Å². The number of alkyl halides is 1. The summed E-state index contributed by atoms with van der Waals surface area (Å²) in [5, 5.41) is 0. The van der Waals surface area contributed by atoms with Gasteiger partial charge >= 0.3 is 0 Å². The second kappa shape index (κ2) is 5.47. The normalized spacial score (nSPS) is 14.2. The fraction of sp³-hybridized carbons (Fsp3) is 0.273. The molecule has 0 saturated heterocycles. The zero-order valence-corrected chi connectivity index (χ0v) is 12.8. The summed E-state index contributed by atoms with van der Waals surface area (Å²) in [6.07, 6.45) is 2.18. The molecule has 0 bridgehead atoms. The van der Waals surface area contributed by atoms with Crippen molar-refractivity contribution in [2.45, 2.75) is 18.7 Å². The van der Waals surface area contributed by atoms with Gasteiger partial charge in [-0.2, -0.15) is 0 Å². The summed E-state index contributed by atoms with van der Waals surface area (Å²) in [7, 11) is 0. The highest BCUT2D eigenvalue weighted by Crippen LogP contribution is 2.25. The molecule has 3 heteroatoms. The van der Waals surface area contributed by atoms with E-state index in [-0.39, 0.29) is 0 Å². The highest BCUT2D eigenvalue weighted by atomic mass is 79.9. The van der Waals surface area contributed by atoms with E-state index in [2.05, 4.69) is 79.8 Å². The van der Waals surface area contributed by atoms with Gasteiger partial charge in [-0.3, -0.25) is 0 Å². The van der Waals surface area contributed by atoms with Crippen LogP contribution in [-0.4, -0.2) is 4.83 Å². The molecular weight excluding hydrogens is 372 g/mol. The lowest BCUT2D eigenvalue weighted by Crippen LogP contribution is -1.90. The van der Waals surface area contributed by atoms with Crippen molar-refractivity contribution in [3.8, 4) is 0 Å². The lowest BCUT2D eigenvalue weighted by atomic mass is 10.1. The average Bonchev–Trinajstić information content (AvgIpc) is 2.11. The topological polar surface area (TPSA) is 0 Å². The molecule has 1 aromatic carbocycles. The molecule has 0 spiro atoms. The number of hydrogen-bond donors (Lipinski definition) is 0. The molecule has 76 valence electrons. The molecule has 0 fully saturated rings. The van der Waals surface area contributed by atoms with Crippen LogP contribution in [0.15, 0.2) is 32.7 Å². The zero-order valence-electron chi connectivity index (χ0n) is 8.02. The molecule has 0 heterocycles. The van der Waals surface area contributed by atoms with Gasteiger partial charge < -0.3 is 0 Å². The van der Waals surface area contributed by atoms with E-state index in [0.717, 1.165) is 8.95 Å². The Morgan fingerprint density at radius 1 is 1.29 bits per heavy atom. The van der Waals surface area contributed by atoms with Crippen molar-refractivity contribution in [1.29, 1.82) is 0 Å². The smallest absolute Gasteiger partial charge is 0.0326 e. The summed E-state index contributed by atoms with van der Waals surface area (Å²) >= 11 is 10.5. The molecular formula is C11H11Br3. The fourth-order valence-corrected chi connectivity index (χ4v) is 1.76. The van der Waals surface area contributed by atoms with Gasteiger partial charge in [-0.15, -0.1) is 0 Å². The van der Waals surface area contributed by atoms with Crippen molar-refractivity contribution in [2.75, 3.05) is 0 Å². The van der Waals surface area contributed by atoms with Crippen LogP contribution in [0.5, 0.6) is 0 Å². The Kier molecular flexibility index (Phi) is 4.88. The summed E-state index contributed by atoms with van der Waals surface area (Å²) in [5.74, 6) is 0. The van der Waals surface area contributed by atoms with E-state index in [1.165, 1.54) is 11.1 Å². The van der Waals surface area contributed by atoms with E-state index in [0.29, 0.717) is 4.83 Å². The van der Waals surface area contributed by atoms with Crippen molar-refractivity contribution in [3.05, 3.63) is 38.3 Å². The predicted octanol–water partition coefficient (Wildman–Crippen LogP) is 5.40. The second-order valence-corrected chi connectivity index (χ2v) is 6.26. The van der Waals surface area contributed by atoms with Gasteiger partial charge in [-0.1, -0.05) is 33.6 Å². The Bertz CT molecular complexity index is 354. The molecule has 1 aromatic rings. The summed E-state index contributed by atoms with van der Waals surface area (Å²) in [4.78, 5) is 0.421. The predicted molar refractivity (Wildman–Crippen MR) is 73.9 cm³/mol. The van der Waals surface area contributed by atoms with Crippen molar-refractivity contribution < 1.29 is 0 Å². The summed E-state index contributed by atoms with van der Waals surface area (Å²) in [6, 6.07) is 6.23. The average molecular weight is 383 g/mol. The third-order valence-electron chi connectivity index (χ3n) is 1.97. The number of hydrogen-bond acceptors (Lipinski definition) is 0. The van der Waals surface area contributed by atoms with Gasteiger partial charge in [-0.05, 0) is 63.4 Å². The third-order valence-corrected chi connectivity index (χ3v) is 4.57. The number of halogens is 3. The van der Waals surface area contributed by atoms with Gasteiger partial charge in [0.05, 0.1) is 0 Å².